The highest BCUT2D eigenvalue weighted by Gasteiger charge is 2.37. The van der Waals surface area contributed by atoms with Gasteiger partial charge in [-0.15, -0.1) is 0 Å². The molecule has 0 aliphatic carbocycles. The number of carbonyl (C=O) groups is 2. The van der Waals surface area contributed by atoms with Gasteiger partial charge in [0.2, 0.25) is 0 Å². The molecule has 3 aromatic heterocycles. The number of pyridine rings is 2. The number of piperazine rings is 1. The van der Waals surface area contributed by atoms with Gasteiger partial charge in [0.05, 0.1) is 28.9 Å². The van der Waals surface area contributed by atoms with Crippen LogP contribution in [0.25, 0.3) is 22.2 Å². The third-order valence-corrected chi connectivity index (χ3v) is 7.10. The number of aromatic nitrogens is 4. The molecule has 39 heavy (non-hydrogen) atoms. The lowest BCUT2D eigenvalue weighted by atomic mass is 9.99. The second-order valence-electron chi connectivity index (χ2n) is 10.1. The number of nitrogens with zero attached hydrogens (tertiary/aromatic N) is 8. The van der Waals surface area contributed by atoms with Gasteiger partial charge in [-0.25, -0.2) is 9.78 Å². The molecule has 6 rings (SSSR count). The predicted octanol–water partition coefficient (Wildman–Crippen LogP) is 0.943. The molecule has 0 aromatic carbocycles. The van der Waals surface area contributed by atoms with Crippen molar-refractivity contribution in [3.05, 3.63) is 48.2 Å². The molecule has 3 N–H and O–H groups in total. The summed E-state index contributed by atoms with van der Waals surface area (Å²) >= 11 is 0. The number of hydrogen-bond donors (Lipinski definition) is 3. The normalized spacial score (nSPS) is 20.7. The number of anilines is 1. The summed E-state index contributed by atoms with van der Waals surface area (Å²) in [4.78, 5) is 48.9. The Bertz CT molecular complexity index is 1530. The molecule has 0 radical (unpaired) electrons. The quantitative estimate of drug-likeness (QED) is 0.458. The van der Waals surface area contributed by atoms with Crippen LogP contribution in [0.1, 0.15) is 5.69 Å². The Balaban J connectivity index is 1.26. The van der Waals surface area contributed by atoms with Crippen molar-refractivity contribution in [3.63, 3.8) is 0 Å². The first-order valence-corrected chi connectivity index (χ1v) is 12.7. The van der Waals surface area contributed by atoms with E-state index in [1.165, 1.54) is 4.90 Å². The van der Waals surface area contributed by atoms with E-state index in [1.807, 2.05) is 17.0 Å². The van der Waals surface area contributed by atoms with E-state index >= 15 is 0 Å². The van der Waals surface area contributed by atoms with Crippen molar-refractivity contribution in [1.29, 1.82) is 0 Å². The topological polar surface area (TPSA) is 147 Å². The Hall–Kier alpha value is -4.65. The number of amidine groups is 1. The summed E-state index contributed by atoms with van der Waals surface area (Å²) in [6.07, 6.45) is 8.42. The maximum absolute atomic E-state index is 12.7. The maximum Gasteiger partial charge on any atom is 0.321 e. The SMILES string of the molecule is CN1CCN(C(=O)Nc2cncc(-c3cnc4n[nH]c(C5=NC6C(C(=O)N(C)C)=CN=C[C@@H]6N5)c4c3)c2)CC1. The molecule has 0 saturated carbocycles. The molecule has 1 saturated heterocycles. The Kier molecular flexibility index (Phi) is 6.27. The molecule has 3 amide bonds. The minimum absolute atomic E-state index is 0.126. The van der Waals surface area contributed by atoms with Crippen LogP contribution in [0.5, 0.6) is 0 Å². The van der Waals surface area contributed by atoms with E-state index in [4.69, 9.17) is 4.99 Å². The zero-order chi connectivity index (χ0) is 27.1. The first-order chi connectivity index (χ1) is 18.9. The van der Waals surface area contributed by atoms with Gasteiger partial charge in [-0.2, -0.15) is 5.10 Å². The lowest BCUT2D eigenvalue weighted by Gasteiger charge is -2.32. The molecule has 6 heterocycles. The van der Waals surface area contributed by atoms with Crippen LogP contribution in [0.15, 0.2) is 52.5 Å². The number of urea groups is 1. The smallest absolute Gasteiger partial charge is 0.321 e. The zero-order valence-electron chi connectivity index (χ0n) is 21.9. The lowest BCUT2D eigenvalue weighted by Crippen LogP contribution is -2.48. The van der Waals surface area contributed by atoms with Gasteiger partial charge < -0.3 is 25.3 Å². The summed E-state index contributed by atoms with van der Waals surface area (Å²) in [7, 11) is 5.47. The fraction of sp³-hybridized carbons (Fsp3) is 0.346. The van der Waals surface area contributed by atoms with Crippen LogP contribution >= 0.6 is 0 Å². The van der Waals surface area contributed by atoms with Crippen LogP contribution in [0.2, 0.25) is 0 Å². The number of H-pyrrole nitrogens is 1. The van der Waals surface area contributed by atoms with Gasteiger partial charge in [-0.3, -0.25) is 24.9 Å². The number of carbonyl (C=O) groups excluding carboxylic acids is 2. The number of aliphatic imine (C=N–C) groups is 2. The monoisotopic (exact) mass is 527 g/mol. The fourth-order valence-electron chi connectivity index (χ4n) is 4.86. The maximum atomic E-state index is 12.7. The van der Waals surface area contributed by atoms with E-state index in [1.54, 1.807) is 45.1 Å². The molecule has 2 atom stereocenters. The van der Waals surface area contributed by atoms with Gasteiger partial charge >= 0.3 is 6.03 Å². The third kappa shape index (κ3) is 4.72. The van der Waals surface area contributed by atoms with Gasteiger partial charge in [0.15, 0.2) is 5.65 Å². The minimum atomic E-state index is -0.383. The predicted molar refractivity (Wildman–Crippen MR) is 148 cm³/mol. The van der Waals surface area contributed by atoms with E-state index in [0.717, 1.165) is 29.6 Å². The van der Waals surface area contributed by atoms with Gasteiger partial charge in [0, 0.05) is 76.2 Å². The number of likely N-dealkylation sites (N-methyl/N-ethyl adjacent to an activating group) is 2. The van der Waals surface area contributed by atoms with Crippen LogP contribution in [0.3, 0.4) is 0 Å². The second-order valence-corrected chi connectivity index (χ2v) is 10.1. The highest BCUT2D eigenvalue weighted by Crippen LogP contribution is 2.28. The van der Waals surface area contributed by atoms with Crippen molar-refractivity contribution in [2.75, 3.05) is 52.6 Å². The Morgan fingerprint density at radius 1 is 1.08 bits per heavy atom. The number of amides is 3. The average molecular weight is 528 g/mol. The standard InChI is InChI=1S/C26H29N11O2/c1-35(2)25(38)19-13-28-14-20-21(19)32-24(31-20)22-18-9-16(11-29-23(18)34-33-22)15-8-17(12-27-10-15)30-26(39)37-6-4-36(3)5-7-37/h8-14,20-21H,4-7H2,1-3H3,(H,30,39)(H,31,32)(H,29,33,34)/t20-,21?/m0/s1. The number of fused-ring (bicyclic) bond motifs is 2. The molecular weight excluding hydrogens is 498 g/mol. The minimum Gasteiger partial charge on any atom is -0.358 e. The van der Waals surface area contributed by atoms with E-state index in [0.29, 0.717) is 41.5 Å². The molecule has 3 aliphatic rings. The van der Waals surface area contributed by atoms with Crippen molar-refractivity contribution in [1.82, 2.24) is 40.2 Å². The van der Waals surface area contributed by atoms with E-state index in [2.05, 4.69) is 47.7 Å². The molecule has 1 fully saturated rings. The molecule has 200 valence electrons. The highest BCUT2D eigenvalue weighted by atomic mass is 16.2. The third-order valence-electron chi connectivity index (χ3n) is 7.10. The highest BCUT2D eigenvalue weighted by molar-refractivity contribution is 6.11. The number of aromatic amines is 1. The van der Waals surface area contributed by atoms with Crippen molar-refractivity contribution >= 4 is 40.7 Å². The number of nitrogens with one attached hydrogen (secondary N) is 3. The molecule has 1 unspecified atom stereocenters. The first kappa shape index (κ1) is 24.7. The van der Waals surface area contributed by atoms with Crippen molar-refractivity contribution in [2.24, 2.45) is 9.98 Å². The summed E-state index contributed by atoms with van der Waals surface area (Å²) < 4.78 is 0. The van der Waals surface area contributed by atoms with Crippen molar-refractivity contribution in [2.45, 2.75) is 12.1 Å². The van der Waals surface area contributed by atoms with Crippen LogP contribution in [-0.4, -0.2) is 118 Å². The molecule has 3 aromatic rings. The summed E-state index contributed by atoms with van der Waals surface area (Å²) in [6, 6.07) is 3.09. The molecule has 13 nitrogen and oxygen atoms in total. The first-order valence-electron chi connectivity index (χ1n) is 12.7. The zero-order valence-corrected chi connectivity index (χ0v) is 21.9. The van der Waals surface area contributed by atoms with Gasteiger partial charge in [-0.1, -0.05) is 0 Å². The summed E-state index contributed by atoms with van der Waals surface area (Å²) in [5.41, 5.74) is 3.96. The van der Waals surface area contributed by atoms with Crippen LogP contribution in [0.4, 0.5) is 10.5 Å². The Morgan fingerprint density at radius 3 is 2.67 bits per heavy atom. The summed E-state index contributed by atoms with van der Waals surface area (Å²) in [6.45, 7) is 3.07. The van der Waals surface area contributed by atoms with E-state index in [-0.39, 0.29) is 24.0 Å². The van der Waals surface area contributed by atoms with Crippen molar-refractivity contribution < 1.29 is 9.59 Å². The largest absolute Gasteiger partial charge is 0.358 e. The molecule has 0 bridgehead atoms. The molecule has 3 aliphatic heterocycles. The average Bonchev–Trinajstić information content (AvgIpc) is 3.56. The lowest BCUT2D eigenvalue weighted by molar-refractivity contribution is -0.125. The van der Waals surface area contributed by atoms with Crippen molar-refractivity contribution in [3.8, 4) is 11.1 Å². The molecule has 13 heteroatoms. The fourth-order valence-corrected chi connectivity index (χ4v) is 4.86. The van der Waals surface area contributed by atoms with Crippen LogP contribution in [0, 0.1) is 0 Å². The van der Waals surface area contributed by atoms with Gasteiger partial charge in [0.25, 0.3) is 5.91 Å². The van der Waals surface area contributed by atoms with Gasteiger partial charge in [0.1, 0.15) is 17.6 Å². The second kappa shape index (κ2) is 9.91. The Morgan fingerprint density at radius 2 is 1.87 bits per heavy atom. The summed E-state index contributed by atoms with van der Waals surface area (Å²) in [5, 5.41) is 14.5. The Labute approximate surface area is 224 Å². The molecule has 0 spiro atoms. The molecular formula is C26H29N11O2. The van der Waals surface area contributed by atoms with Gasteiger partial charge in [-0.05, 0) is 19.2 Å². The van der Waals surface area contributed by atoms with E-state index in [9.17, 15) is 9.59 Å². The number of rotatable bonds is 4. The summed E-state index contributed by atoms with van der Waals surface area (Å²) in [5.74, 6) is 0.461. The van der Waals surface area contributed by atoms with E-state index < -0.39 is 0 Å². The van der Waals surface area contributed by atoms with Crippen LogP contribution < -0.4 is 10.6 Å². The van der Waals surface area contributed by atoms with Crippen LogP contribution in [-0.2, 0) is 4.79 Å². The number of hydrogen-bond acceptors (Lipinski definition) is 9.